The Morgan fingerprint density at radius 3 is 2.11 bits per heavy atom. The fourth-order valence-electron chi connectivity index (χ4n) is 5.41. The van der Waals surface area contributed by atoms with Crippen molar-refractivity contribution >= 4 is 11.7 Å². The summed E-state index contributed by atoms with van der Waals surface area (Å²) in [5.74, 6) is -0.993. The van der Waals surface area contributed by atoms with Crippen molar-refractivity contribution in [1.82, 2.24) is 4.98 Å². The molecule has 1 atom stereocenters. The van der Waals surface area contributed by atoms with E-state index in [9.17, 15) is 9.90 Å². The van der Waals surface area contributed by atoms with Crippen LogP contribution in [0.15, 0.2) is 48.5 Å². The van der Waals surface area contributed by atoms with Crippen molar-refractivity contribution in [1.29, 1.82) is 0 Å². The maximum absolute atomic E-state index is 12.7. The highest BCUT2D eigenvalue weighted by Crippen LogP contribution is 2.45. The maximum atomic E-state index is 12.7. The number of benzene rings is 2. The number of hydrogen-bond acceptors (Lipinski definition) is 4. The Bertz CT molecular complexity index is 1310. The number of carboxylic acids is 1. The van der Waals surface area contributed by atoms with Crippen molar-refractivity contribution in [2.24, 2.45) is 5.41 Å². The normalized spacial score (nSPS) is 16.4. The van der Waals surface area contributed by atoms with Gasteiger partial charge in [0.25, 0.3) is 0 Å². The van der Waals surface area contributed by atoms with Gasteiger partial charge >= 0.3 is 5.97 Å². The summed E-state index contributed by atoms with van der Waals surface area (Å²) < 4.78 is 6.19. The van der Waals surface area contributed by atoms with E-state index in [0.717, 1.165) is 54.0 Å². The highest BCUT2D eigenvalue weighted by molar-refractivity contribution is 5.88. The monoisotopic (exact) mass is 514 g/mol. The van der Waals surface area contributed by atoms with Crippen LogP contribution in [0.1, 0.15) is 76.1 Å². The number of piperidine rings is 1. The molecule has 1 aliphatic heterocycles. The summed E-state index contributed by atoms with van der Waals surface area (Å²) in [6, 6.07) is 17.1. The molecule has 2 heterocycles. The third kappa shape index (κ3) is 6.10. The second-order valence-electron chi connectivity index (χ2n) is 12.5. The quantitative estimate of drug-likeness (QED) is 0.362. The number of aliphatic carboxylic acids is 1. The lowest BCUT2D eigenvalue weighted by atomic mass is 9.81. The van der Waals surface area contributed by atoms with E-state index in [2.05, 4.69) is 74.2 Å². The molecule has 5 heteroatoms. The van der Waals surface area contributed by atoms with Crippen LogP contribution >= 0.6 is 0 Å². The first-order chi connectivity index (χ1) is 17.8. The molecular formula is C33H42N2O3. The molecule has 0 aliphatic carbocycles. The van der Waals surface area contributed by atoms with Crippen molar-refractivity contribution in [3.63, 3.8) is 0 Å². The Kier molecular flexibility index (Phi) is 7.72. The van der Waals surface area contributed by atoms with Crippen molar-refractivity contribution in [2.45, 2.75) is 79.9 Å². The number of rotatable bonds is 6. The van der Waals surface area contributed by atoms with Gasteiger partial charge in [-0.3, -0.25) is 4.98 Å². The van der Waals surface area contributed by atoms with Crippen LogP contribution in [0.25, 0.3) is 22.3 Å². The molecule has 0 saturated carbocycles. The summed E-state index contributed by atoms with van der Waals surface area (Å²) >= 11 is 0. The zero-order valence-corrected chi connectivity index (χ0v) is 24.2. The number of pyridine rings is 1. The number of aryl methyl sites for hydroxylation is 3. The van der Waals surface area contributed by atoms with E-state index in [1.807, 2.05) is 34.6 Å². The molecule has 1 fully saturated rings. The molecule has 1 N–H and O–H groups in total. The van der Waals surface area contributed by atoms with E-state index in [0.29, 0.717) is 11.3 Å². The van der Waals surface area contributed by atoms with Gasteiger partial charge < -0.3 is 14.7 Å². The number of carboxylic acid groups (broad SMARTS) is 1. The number of nitrogens with zero attached hydrogens (tertiary/aromatic N) is 2. The molecule has 3 aromatic rings. The lowest BCUT2D eigenvalue weighted by Gasteiger charge is -2.41. The summed E-state index contributed by atoms with van der Waals surface area (Å²) in [5.41, 5.74) is 8.43. The Labute approximate surface area is 227 Å². The highest BCUT2D eigenvalue weighted by Gasteiger charge is 2.36. The van der Waals surface area contributed by atoms with Gasteiger partial charge in [0.05, 0.1) is 11.3 Å². The second-order valence-corrected chi connectivity index (χ2v) is 12.5. The minimum absolute atomic E-state index is 0.261. The van der Waals surface area contributed by atoms with Gasteiger partial charge in [0.15, 0.2) is 6.10 Å². The fourth-order valence-corrected chi connectivity index (χ4v) is 5.41. The molecule has 1 saturated heterocycles. The smallest absolute Gasteiger partial charge is 0.337 e. The SMILES string of the molecule is Cc1cccc(-c2ccc(-c3c(C)nc(C)c([C@H](OC(C)(C)C)C(=O)O)c3N3CCC(C)(C)CC3)cc2)c1. The van der Waals surface area contributed by atoms with Gasteiger partial charge in [0.2, 0.25) is 0 Å². The summed E-state index contributed by atoms with van der Waals surface area (Å²) in [6.45, 7) is 18.1. The third-order valence-corrected chi connectivity index (χ3v) is 7.50. The van der Waals surface area contributed by atoms with Gasteiger partial charge in [-0.05, 0) is 76.5 Å². The van der Waals surface area contributed by atoms with Crippen LogP contribution in [0.3, 0.4) is 0 Å². The Balaban J connectivity index is 1.91. The molecule has 0 amide bonds. The number of carbonyl (C=O) groups is 1. The summed E-state index contributed by atoms with van der Waals surface area (Å²) in [4.78, 5) is 19.9. The molecule has 202 valence electrons. The number of ether oxygens (including phenoxy) is 1. The minimum Gasteiger partial charge on any atom is -0.479 e. The molecular weight excluding hydrogens is 472 g/mol. The van der Waals surface area contributed by atoms with E-state index in [1.54, 1.807) is 0 Å². The first-order valence-electron chi connectivity index (χ1n) is 13.6. The molecule has 4 rings (SSSR count). The van der Waals surface area contributed by atoms with E-state index < -0.39 is 17.7 Å². The van der Waals surface area contributed by atoms with Crippen LogP contribution in [0.4, 0.5) is 5.69 Å². The zero-order chi connectivity index (χ0) is 27.8. The van der Waals surface area contributed by atoms with Crippen LogP contribution in [-0.2, 0) is 9.53 Å². The summed E-state index contributed by atoms with van der Waals surface area (Å²) in [7, 11) is 0. The number of aromatic nitrogens is 1. The average Bonchev–Trinajstić information content (AvgIpc) is 2.82. The Morgan fingerprint density at radius 2 is 1.55 bits per heavy atom. The molecule has 5 nitrogen and oxygen atoms in total. The van der Waals surface area contributed by atoms with Gasteiger partial charge in [-0.15, -0.1) is 0 Å². The van der Waals surface area contributed by atoms with Gasteiger partial charge in [-0.1, -0.05) is 67.9 Å². The lowest BCUT2D eigenvalue weighted by Crippen LogP contribution is -2.39. The average molecular weight is 515 g/mol. The largest absolute Gasteiger partial charge is 0.479 e. The standard InChI is InChI=1S/C33H42N2O3/c1-21-10-9-11-26(20-21)24-12-14-25(15-13-24)27-22(2)34-23(3)28(30(31(36)37)38-32(4,5)6)29(27)35-18-16-33(7,8)17-19-35/h9-15,20,30H,16-19H2,1-8H3,(H,36,37)/t30-/m0/s1. The predicted octanol–water partition coefficient (Wildman–Crippen LogP) is 7.91. The molecule has 1 aliphatic rings. The molecule has 0 bridgehead atoms. The topological polar surface area (TPSA) is 62.7 Å². The first kappa shape index (κ1) is 27.8. The molecule has 0 spiro atoms. The van der Waals surface area contributed by atoms with E-state index in [-0.39, 0.29) is 5.41 Å². The zero-order valence-electron chi connectivity index (χ0n) is 24.2. The predicted molar refractivity (Wildman–Crippen MR) is 156 cm³/mol. The van der Waals surface area contributed by atoms with Crippen molar-refractivity contribution in [3.8, 4) is 22.3 Å². The number of anilines is 1. The Hall–Kier alpha value is -3.18. The second kappa shape index (κ2) is 10.5. The Morgan fingerprint density at radius 1 is 0.947 bits per heavy atom. The van der Waals surface area contributed by atoms with Crippen molar-refractivity contribution in [3.05, 3.63) is 71.0 Å². The van der Waals surface area contributed by atoms with Gasteiger partial charge in [-0.25, -0.2) is 4.79 Å². The van der Waals surface area contributed by atoms with Crippen molar-refractivity contribution in [2.75, 3.05) is 18.0 Å². The first-order valence-corrected chi connectivity index (χ1v) is 13.6. The van der Waals surface area contributed by atoms with Gasteiger partial charge in [0, 0.05) is 35.6 Å². The molecule has 1 aromatic heterocycles. The van der Waals surface area contributed by atoms with Crippen LogP contribution in [0.5, 0.6) is 0 Å². The molecule has 0 radical (unpaired) electrons. The summed E-state index contributed by atoms with van der Waals surface area (Å²) in [6.07, 6.45) is 0.964. The van der Waals surface area contributed by atoms with E-state index >= 15 is 0 Å². The fraction of sp³-hybridized carbons (Fsp3) is 0.455. The van der Waals surface area contributed by atoms with E-state index in [1.165, 1.54) is 11.1 Å². The van der Waals surface area contributed by atoms with Crippen LogP contribution in [-0.4, -0.2) is 34.8 Å². The molecule has 38 heavy (non-hydrogen) atoms. The van der Waals surface area contributed by atoms with Crippen molar-refractivity contribution < 1.29 is 14.6 Å². The molecule has 2 aromatic carbocycles. The molecule has 0 unspecified atom stereocenters. The van der Waals surface area contributed by atoms with Gasteiger partial charge in [0.1, 0.15) is 0 Å². The maximum Gasteiger partial charge on any atom is 0.337 e. The third-order valence-electron chi connectivity index (χ3n) is 7.50. The van der Waals surface area contributed by atoms with Crippen LogP contribution in [0, 0.1) is 26.2 Å². The minimum atomic E-state index is -1.11. The number of hydrogen-bond donors (Lipinski definition) is 1. The van der Waals surface area contributed by atoms with Crippen LogP contribution < -0.4 is 4.90 Å². The lowest BCUT2D eigenvalue weighted by molar-refractivity contribution is -0.160. The van der Waals surface area contributed by atoms with Gasteiger partial charge in [-0.2, -0.15) is 0 Å². The highest BCUT2D eigenvalue weighted by atomic mass is 16.5. The van der Waals surface area contributed by atoms with Crippen LogP contribution in [0.2, 0.25) is 0 Å². The van der Waals surface area contributed by atoms with E-state index in [4.69, 9.17) is 9.72 Å². The summed E-state index contributed by atoms with van der Waals surface area (Å²) in [5, 5.41) is 10.4.